The third-order valence-corrected chi connectivity index (χ3v) is 2.95. The van der Waals surface area contributed by atoms with E-state index < -0.39 is 0 Å². The molecule has 0 heterocycles. The average Bonchev–Trinajstić information content (AvgIpc) is 1.85. The fraction of sp³-hybridized carbons (Fsp3) is 0.667. The van der Waals surface area contributed by atoms with Crippen LogP contribution >= 0.6 is 11.6 Å². The van der Waals surface area contributed by atoms with Gasteiger partial charge >= 0.3 is 67.3 Å². The van der Waals surface area contributed by atoms with Crippen molar-refractivity contribution < 1.29 is 4.74 Å². The molecular weight excluding hydrogens is 202 g/mol. The van der Waals surface area contributed by atoms with E-state index in [4.69, 9.17) is 16.3 Å². The van der Waals surface area contributed by atoms with Gasteiger partial charge in [0, 0.05) is 0 Å². The Morgan fingerprint density at radius 2 is 2.44 bits per heavy atom. The SMILES string of the molecule is CC[Se]/C(Cl)=C\COC. The zero-order chi connectivity index (χ0) is 7.11. The van der Waals surface area contributed by atoms with Crippen molar-refractivity contribution in [3.8, 4) is 0 Å². The van der Waals surface area contributed by atoms with Gasteiger partial charge in [-0.15, -0.1) is 0 Å². The topological polar surface area (TPSA) is 9.23 Å². The third kappa shape index (κ3) is 6.39. The molecule has 0 aliphatic carbocycles. The first-order valence-corrected chi connectivity index (χ1v) is 5.23. The Balaban J connectivity index is 3.30. The molecule has 54 valence electrons. The molecule has 0 rings (SSSR count). The number of rotatable bonds is 4. The molecule has 0 saturated carbocycles. The Kier molecular flexibility index (Phi) is 7.00. The normalized spacial score (nSPS) is 12.1. The molecule has 0 atom stereocenters. The molecule has 0 aromatic heterocycles. The maximum atomic E-state index is 5.77. The molecular formula is C6H11ClOSe. The van der Waals surface area contributed by atoms with Gasteiger partial charge < -0.3 is 0 Å². The summed E-state index contributed by atoms with van der Waals surface area (Å²) in [5.41, 5.74) is 0. The van der Waals surface area contributed by atoms with E-state index >= 15 is 0 Å². The summed E-state index contributed by atoms with van der Waals surface area (Å²) in [5.74, 6) is 0. The third-order valence-electron chi connectivity index (χ3n) is 0.693. The van der Waals surface area contributed by atoms with Crippen LogP contribution in [0.15, 0.2) is 10.0 Å². The van der Waals surface area contributed by atoms with Gasteiger partial charge in [0.15, 0.2) is 0 Å². The summed E-state index contributed by atoms with van der Waals surface area (Å²) in [6, 6.07) is 0. The van der Waals surface area contributed by atoms with Crippen molar-refractivity contribution in [3.63, 3.8) is 0 Å². The summed E-state index contributed by atoms with van der Waals surface area (Å²) in [4.78, 5) is 0. The molecule has 1 nitrogen and oxygen atoms in total. The molecule has 0 aliphatic heterocycles. The molecule has 0 radical (unpaired) electrons. The second-order valence-electron chi connectivity index (χ2n) is 1.40. The molecule has 0 fully saturated rings. The van der Waals surface area contributed by atoms with Gasteiger partial charge in [-0.05, 0) is 0 Å². The number of hydrogen-bond acceptors (Lipinski definition) is 1. The summed E-state index contributed by atoms with van der Waals surface area (Å²) < 4.78 is 5.77. The second kappa shape index (κ2) is 6.63. The fourth-order valence-corrected chi connectivity index (χ4v) is 1.94. The molecule has 0 bridgehead atoms. The number of methoxy groups -OCH3 is 1. The molecule has 0 N–H and O–H groups in total. The van der Waals surface area contributed by atoms with Crippen molar-refractivity contribution in [1.82, 2.24) is 0 Å². The zero-order valence-electron chi connectivity index (χ0n) is 5.69. The van der Waals surface area contributed by atoms with Gasteiger partial charge in [-0.1, -0.05) is 0 Å². The first kappa shape index (κ1) is 9.51. The maximum absolute atomic E-state index is 5.77. The van der Waals surface area contributed by atoms with Crippen LogP contribution in [0.2, 0.25) is 5.32 Å². The van der Waals surface area contributed by atoms with Crippen LogP contribution in [0.1, 0.15) is 6.92 Å². The summed E-state index contributed by atoms with van der Waals surface area (Å²) >= 11 is 6.24. The standard InChI is InChI=1S/C6H11ClOSe/c1-3-9-6(7)4-5-8-2/h4H,3,5H2,1-2H3/b6-4-. The number of hydrogen-bond donors (Lipinski definition) is 0. The second-order valence-corrected chi connectivity index (χ2v) is 5.05. The van der Waals surface area contributed by atoms with Crippen LogP contribution in [0, 0.1) is 0 Å². The van der Waals surface area contributed by atoms with E-state index in [9.17, 15) is 0 Å². The minimum atomic E-state index is 0.472. The van der Waals surface area contributed by atoms with Crippen LogP contribution in [0.25, 0.3) is 0 Å². The Morgan fingerprint density at radius 3 is 2.89 bits per heavy atom. The Hall–Kier alpha value is 0.509. The van der Waals surface area contributed by atoms with E-state index in [1.54, 1.807) is 7.11 Å². The molecule has 0 unspecified atom stereocenters. The first-order valence-electron chi connectivity index (χ1n) is 2.78. The molecule has 0 aromatic rings. The molecule has 0 aromatic carbocycles. The van der Waals surface area contributed by atoms with E-state index in [0.717, 1.165) is 9.25 Å². The van der Waals surface area contributed by atoms with Crippen LogP contribution in [-0.2, 0) is 4.74 Å². The van der Waals surface area contributed by atoms with Gasteiger partial charge in [-0.2, -0.15) is 0 Å². The minimum absolute atomic E-state index is 0.472. The molecule has 3 heteroatoms. The average molecular weight is 214 g/mol. The van der Waals surface area contributed by atoms with Crippen molar-refractivity contribution >= 4 is 26.6 Å². The Morgan fingerprint density at radius 1 is 1.78 bits per heavy atom. The Labute approximate surface area is 67.6 Å². The van der Waals surface area contributed by atoms with E-state index in [1.807, 2.05) is 6.08 Å². The predicted octanol–water partition coefficient (Wildman–Crippen LogP) is 1.86. The van der Waals surface area contributed by atoms with Crippen LogP contribution in [-0.4, -0.2) is 28.7 Å². The van der Waals surface area contributed by atoms with Gasteiger partial charge in [0.2, 0.25) is 0 Å². The van der Waals surface area contributed by atoms with E-state index in [0.29, 0.717) is 21.6 Å². The predicted molar refractivity (Wildman–Crippen MR) is 42.0 cm³/mol. The molecule has 0 saturated heterocycles. The molecule has 0 aliphatic rings. The first-order chi connectivity index (χ1) is 4.31. The fourth-order valence-electron chi connectivity index (χ4n) is 0.346. The van der Waals surface area contributed by atoms with Crippen LogP contribution in [0.3, 0.4) is 0 Å². The number of halogens is 1. The quantitative estimate of drug-likeness (QED) is 0.648. The summed E-state index contributed by atoms with van der Waals surface area (Å²) in [6.45, 7) is 2.77. The molecule has 0 spiro atoms. The van der Waals surface area contributed by atoms with Gasteiger partial charge in [0.25, 0.3) is 0 Å². The van der Waals surface area contributed by atoms with Gasteiger partial charge in [-0.25, -0.2) is 0 Å². The van der Waals surface area contributed by atoms with Crippen molar-refractivity contribution in [2.75, 3.05) is 13.7 Å². The monoisotopic (exact) mass is 214 g/mol. The number of ether oxygens (including phenoxy) is 1. The van der Waals surface area contributed by atoms with E-state index in [1.165, 1.54) is 0 Å². The van der Waals surface area contributed by atoms with Crippen molar-refractivity contribution in [2.24, 2.45) is 0 Å². The van der Waals surface area contributed by atoms with Crippen molar-refractivity contribution in [3.05, 3.63) is 10.0 Å². The van der Waals surface area contributed by atoms with Gasteiger partial charge in [-0.3, -0.25) is 0 Å². The van der Waals surface area contributed by atoms with Crippen molar-refractivity contribution in [1.29, 1.82) is 0 Å². The van der Waals surface area contributed by atoms with Gasteiger partial charge in [0.05, 0.1) is 0 Å². The summed E-state index contributed by atoms with van der Waals surface area (Å²) in [5, 5.41) is 1.16. The van der Waals surface area contributed by atoms with Crippen LogP contribution in [0.4, 0.5) is 0 Å². The molecule has 9 heavy (non-hydrogen) atoms. The van der Waals surface area contributed by atoms with E-state index in [2.05, 4.69) is 6.92 Å². The summed E-state index contributed by atoms with van der Waals surface area (Å²) in [7, 11) is 1.67. The van der Waals surface area contributed by atoms with Crippen LogP contribution < -0.4 is 0 Å². The van der Waals surface area contributed by atoms with Crippen molar-refractivity contribution in [2.45, 2.75) is 12.2 Å². The van der Waals surface area contributed by atoms with E-state index in [-0.39, 0.29) is 0 Å². The van der Waals surface area contributed by atoms with Crippen LogP contribution in [0.5, 0.6) is 0 Å². The summed E-state index contributed by atoms with van der Waals surface area (Å²) in [6.07, 6.45) is 1.92. The Bertz CT molecular complexity index is 93.1. The molecule has 0 amide bonds. The zero-order valence-corrected chi connectivity index (χ0v) is 8.16. The van der Waals surface area contributed by atoms with Gasteiger partial charge in [0.1, 0.15) is 0 Å².